The lowest BCUT2D eigenvalue weighted by atomic mass is 9.74. The maximum absolute atomic E-state index is 12.0. The average Bonchev–Trinajstić information content (AvgIpc) is 3.17. The second kappa shape index (κ2) is 7.99. The van der Waals surface area contributed by atoms with E-state index >= 15 is 0 Å². The van der Waals surface area contributed by atoms with Crippen molar-refractivity contribution in [2.75, 3.05) is 34.1 Å². The molecule has 3 aliphatic rings. The van der Waals surface area contributed by atoms with Gasteiger partial charge in [-0.2, -0.15) is 0 Å². The Hall–Kier alpha value is -2.28. The van der Waals surface area contributed by atoms with Crippen LogP contribution in [0.25, 0.3) is 0 Å². The monoisotopic (exact) mass is 389 g/mol. The number of carbonyl (C=O) groups is 2. The molecule has 0 bridgehead atoms. The van der Waals surface area contributed by atoms with Gasteiger partial charge in [0.1, 0.15) is 0 Å². The first-order chi connectivity index (χ1) is 13.6. The Kier molecular flexibility index (Phi) is 5.44. The molecule has 0 saturated carbocycles. The van der Waals surface area contributed by atoms with E-state index in [1.807, 2.05) is 0 Å². The fourth-order valence-electron chi connectivity index (χ4n) is 4.85. The summed E-state index contributed by atoms with van der Waals surface area (Å²) in [5.41, 5.74) is 2.58. The summed E-state index contributed by atoms with van der Waals surface area (Å²) < 4.78 is 20.9. The van der Waals surface area contributed by atoms with Gasteiger partial charge in [-0.25, -0.2) is 0 Å². The molecule has 7 heteroatoms. The third kappa shape index (κ3) is 3.68. The van der Waals surface area contributed by atoms with Crippen LogP contribution in [-0.4, -0.2) is 50.9 Å². The summed E-state index contributed by atoms with van der Waals surface area (Å²) in [6.45, 7) is 2.11. The van der Waals surface area contributed by atoms with Crippen molar-refractivity contribution in [1.82, 2.24) is 4.90 Å². The summed E-state index contributed by atoms with van der Waals surface area (Å²) in [5, 5.41) is 0. The van der Waals surface area contributed by atoms with Crippen LogP contribution < -0.4 is 9.47 Å². The Bertz CT molecular complexity index is 764. The summed E-state index contributed by atoms with van der Waals surface area (Å²) in [5.74, 6) is 1.68. The highest BCUT2D eigenvalue weighted by Crippen LogP contribution is 2.47. The van der Waals surface area contributed by atoms with Crippen LogP contribution in [0.2, 0.25) is 0 Å². The first-order valence-electron chi connectivity index (χ1n) is 9.89. The molecule has 3 aliphatic heterocycles. The SMILES string of the molecule is COC(=O)CC[C@@H]1CN2CCc3cc4c(cc3[C@@H]2C[C@@H]1CC(=O)OC)OCO4. The topological polar surface area (TPSA) is 74.3 Å². The molecule has 152 valence electrons. The molecule has 3 atom stereocenters. The zero-order valence-corrected chi connectivity index (χ0v) is 16.4. The maximum Gasteiger partial charge on any atom is 0.305 e. The Morgan fingerprint density at radius 3 is 2.61 bits per heavy atom. The predicted molar refractivity (Wildman–Crippen MR) is 100 cm³/mol. The van der Waals surface area contributed by atoms with Gasteiger partial charge in [0, 0.05) is 32.0 Å². The quantitative estimate of drug-likeness (QED) is 0.716. The summed E-state index contributed by atoms with van der Waals surface area (Å²) in [6, 6.07) is 4.47. The van der Waals surface area contributed by atoms with Gasteiger partial charge >= 0.3 is 11.9 Å². The van der Waals surface area contributed by atoms with Gasteiger partial charge in [0.05, 0.1) is 14.2 Å². The van der Waals surface area contributed by atoms with Gasteiger partial charge in [-0.05, 0) is 54.4 Å². The summed E-state index contributed by atoms with van der Waals surface area (Å²) >= 11 is 0. The van der Waals surface area contributed by atoms with E-state index in [1.165, 1.54) is 25.3 Å². The number of carbonyl (C=O) groups excluding carboxylic acids is 2. The smallest absolute Gasteiger partial charge is 0.305 e. The van der Waals surface area contributed by atoms with Crippen molar-refractivity contribution in [3.63, 3.8) is 0 Å². The van der Waals surface area contributed by atoms with E-state index in [4.69, 9.17) is 18.9 Å². The van der Waals surface area contributed by atoms with Gasteiger partial charge < -0.3 is 18.9 Å². The lowest BCUT2D eigenvalue weighted by molar-refractivity contribution is -0.143. The molecule has 28 heavy (non-hydrogen) atoms. The standard InChI is InChI=1S/C21H27NO6/c1-25-20(23)4-3-14-11-22-6-5-13-8-18-19(28-12-27-18)10-16(13)17(22)7-15(14)9-21(24)26-2/h8,10,14-15,17H,3-7,9,11-12H2,1-2H3/t14-,15-,17+/m1/s1. The number of hydrogen-bond acceptors (Lipinski definition) is 7. The zero-order chi connectivity index (χ0) is 19.7. The van der Waals surface area contributed by atoms with Crippen molar-refractivity contribution in [3.8, 4) is 11.5 Å². The van der Waals surface area contributed by atoms with E-state index in [9.17, 15) is 9.59 Å². The van der Waals surface area contributed by atoms with Crippen molar-refractivity contribution in [1.29, 1.82) is 0 Å². The van der Waals surface area contributed by atoms with E-state index in [0.717, 1.165) is 43.9 Å². The van der Waals surface area contributed by atoms with Gasteiger partial charge in [0.25, 0.3) is 0 Å². The molecule has 7 nitrogen and oxygen atoms in total. The Balaban J connectivity index is 1.56. The highest BCUT2D eigenvalue weighted by molar-refractivity contribution is 5.70. The third-order valence-corrected chi connectivity index (χ3v) is 6.37. The van der Waals surface area contributed by atoms with Crippen LogP contribution >= 0.6 is 0 Å². The molecule has 0 spiro atoms. The summed E-state index contributed by atoms with van der Waals surface area (Å²) in [7, 11) is 2.84. The fourth-order valence-corrected chi connectivity index (χ4v) is 4.85. The minimum absolute atomic E-state index is 0.176. The van der Waals surface area contributed by atoms with Gasteiger partial charge in [-0.15, -0.1) is 0 Å². The molecule has 0 radical (unpaired) electrons. The highest BCUT2D eigenvalue weighted by atomic mass is 16.7. The summed E-state index contributed by atoms with van der Waals surface area (Å²) in [6.07, 6.45) is 3.33. The first-order valence-corrected chi connectivity index (χ1v) is 9.89. The molecular formula is C21H27NO6. The lowest BCUT2D eigenvalue weighted by Crippen LogP contribution is -2.46. The van der Waals surface area contributed by atoms with Crippen LogP contribution in [-0.2, 0) is 25.5 Å². The molecule has 1 aromatic carbocycles. The van der Waals surface area contributed by atoms with E-state index in [1.54, 1.807) is 0 Å². The molecule has 0 aliphatic carbocycles. The second-order valence-corrected chi connectivity index (χ2v) is 7.82. The minimum Gasteiger partial charge on any atom is -0.469 e. The normalized spacial score (nSPS) is 25.6. The van der Waals surface area contributed by atoms with E-state index in [-0.39, 0.29) is 36.6 Å². The van der Waals surface area contributed by atoms with Crippen molar-refractivity contribution in [2.45, 2.75) is 38.1 Å². The van der Waals surface area contributed by atoms with Gasteiger partial charge in [0.15, 0.2) is 11.5 Å². The van der Waals surface area contributed by atoms with Crippen LogP contribution in [0.1, 0.15) is 42.9 Å². The van der Waals surface area contributed by atoms with Gasteiger partial charge in [-0.1, -0.05) is 0 Å². The zero-order valence-electron chi connectivity index (χ0n) is 16.4. The number of piperidine rings is 1. The number of hydrogen-bond donors (Lipinski definition) is 0. The van der Waals surface area contributed by atoms with Crippen LogP contribution in [0.15, 0.2) is 12.1 Å². The van der Waals surface area contributed by atoms with E-state index < -0.39 is 0 Å². The molecule has 3 heterocycles. The molecule has 0 N–H and O–H groups in total. The second-order valence-electron chi connectivity index (χ2n) is 7.82. The third-order valence-electron chi connectivity index (χ3n) is 6.37. The molecule has 4 rings (SSSR count). The number of rotatable bonds is 5. The van der Waals surface area contributed by atoms with Gasteiger partial charge in [0.2, 0.25) is 6.79 Å². The summed E-state index contributed by atoms with van der Waals surface area (Å²) in [4.78, 5) is 26.1. The number of ether oxygens (including phenoxy) is 4. The van der Waals surface area contributed by atoms with Crippen molar-refractivity contribution < 1.29 is 28.5 Å². The van der Waals surface area contributed by atoms with Crippen LogP contribution in [0.4, 0.5) is 0 Å². The number of fused-ring (bicyclic) bond motifs is 4. The first kappa shape index (κ1) is 19.1. The Morgan fingerprint density at radius 1 is 1.11 bits per heavy atom. The largest absolute Gasteiger partial charge is 0.469 e. The van der Waals surface area contributed by atoms with Crippen LogP contribution in [0, 0.1) is 11.8 Å². The molecule has 1 fully saturated rings. The fraction of sp³-hybridized carbons (Fsp3) is 0.619. The Morgan fingerprint density at radius 2 is 1.86 bits per heavy atom. The number of nitrogens with zero attached hydrogens (tertiary/aromatic N) is 1. The molecule has 1 aromatic rings. The molecule has 0 amide bonds. The molecule has 0 unspecified atom stereocenters. The highest BCUT2D eigenvalue weighted by Gasteiger charge is 2.40. The van der Waals surface area contributed by atoms with Crippen molar-refractivity contribution in [3.05, 3.63) is 23.3 Å². The van der Waals surface area contributed by atoms with Crippen molar-refractivity contribution in [2.24, 2.45) is 11.8 Å². The molecule has 1 saturated heterocycles. The average molecular weight is 389 g/mol. The number of benzene rings is 1. The Labute approximate surface area is 164 Å². The number of methoxy groups -OCH3 is 2. The molecule has 0 aromatic heterocycles. The number of esters is 2. The van der Waals surface area contributed by atoms with Crippen molar-refractivity contribution >= 4 is 11.9 Å². The van der Waals surface area contributed by atoms with E-state index in [0.29, 0.717) is 12.8 Å². The van der Waals surface area contributed by atoms with Crippen LogP contribution in [0.5, 0.6) is 11.5 Å². The van der Waals surface area contributed by atoms with Crippen LogP contribution in [0.3, 0.4) is 0 Å². The minimum atomic E-state index is -0.198. The lowest BCUT2D eigenvalue weighted by Gasteiger charge is -2.47. The maximum atomic E-state index is 12.0. The predicted octanol–water partition coefficient (Wildman–Crippen LogP) is 2.47. The van der Waals surface area contributed by atoms with E-state index in [2.05, 4.69) is 17.0 Å². The van der Waals surface area contributed by atoms with Gasteiger partial charge in [-0.3, -0.25) is 14.5 Å². The molecular weight excluding hydrogens is 362 g/mol.